The van der Waals surface area contributed by atoms with E-state index in [2.05, 4.69) is 5.32 Å². The Balaban J connectivity index is 1.41. The summed E-state index contributed by atoms with van der Waals surface area (Å²) in [4.78, 5) is 41.7. The zero-order valence-electron chi connectivity index (χ0n) is 20.3. The highest BCUT2D eigenvalue weighted by atomic mass is 16.5. The molecule has 35 heavy (non-hydrogen) atoms. The number of piperidine rings is 1. The van der Waals surface area contributed by atoms with E-state index in [1.54, 1.807) is 42.5 Å². The molecule has 2 heterocycles. The highest BCUT2D eigenvalue weighted by molar-refractivity contribution is 6.05. The van der Waals surface area contributed by atoms with Crippen molar-refractivity contribution in [3.8, 4) is 11.5 Å². The minimum atomic E-state index is -0.326. The van der Waals surface area contributed by atoms with Gasteiger partial charge in [-0.2, -0.15) is 0 Å². The molecule has 0 aliphatic carbocycles. The van der Waals surface area contributed by atoms with Gasteiger partial charge in [-0.15, -0.1) is 0 Å². The van der Waals surface area contributed by atoms with Gasteiger partial charge in [0.05, 0.1) is 6.61 Å². The molecular weight excluding hydrogens is 446 g/mol. The van der Waals surface area contributed by atoms with Gasteiger partial charge in [0, 0.05) is 43.0 Å². The van der Waals surface area contributed by atoms with Crippen LogP contribution >= 0.6 is 0 Å². The number of rotatable bonds is 8. The number of nitrogens with zero attached hydrogens (tertiary/aromatic N) is 2. The Bertz CT molecular complexity index is 1060. The Morgan fingerprint density at radius 2 is 1.51 bits per heavy atom. The van der Waals surface area contributed by atoms with Crippen molar-refractivity contribution < 1.29 is 23.9 Å². The highest BCUT2D eigenvalue weighted by Crippen LogP contribution is 2.29. The molecule has 0 atom stereocenters. The fraction of sp³-hybridized carbons (Fsp3) is 0.444. The van der Waals surface area contributed by atoms with Crippen molar-refractivity contribution in [1.29, 1.82) is 0 Å². The molecule has 0 aromatic heterocycles. The van der Waals surface area contributed by atoms with Crippen LogP contribution in [0.25, 0.3) is 0 Å². The van der Waals surface area contributed by atoms with E-state index in [1.165, 1.54) is 0 Å². The molecule has 8 heteroatoms. The van der Waals surface area contributed by atoms with Crippen LogP contribution in [0, 0.1) is 0 Å². The number of hydrogen-bond donors (Lipinski definition) is 1. The first-order chi connectivity index (χ1) is 17.0. The van der Waals surface area contributed by atoms with Crippen molar-refractivity contribution in [1.82, 2.24) is 9.80 Å². The lowest BCUT2D eigenvalue weighted by molar-refractivity contribution is -0.134. The van der Waals surface area contributed by atoms with Gasteiger partial charge in [-0.1, -0.05) is 6.07 Å². The average molecular weight is 480 g/mol. The van der Waals surface area contributed by atoms with Crippen LogP contribution < -0.4 is 14.8 Å². The van der Waals surface area contributed by atoms with E-state index in [-0.39, 0.29) is 24.3 Å². The number of ether oxygens (including phenoxy) is 2. The fourth-order valence-corrected chi connectivity index (χ4v) is 4.45. The number of carbonyl (C=O) groups excluding carboxylic acids is 3. The zero-order chi connectivity index (χ0) is 24.6. The van der Waals surface area contributed by atoms with Crippen molar-refractivity contribution >= 4 is 23.4 Å². The van der Waals surface area contributed by atoms with Crippen molar-refractivity contribution in [2.24, 2.45) is 0 Å². The summed E-state index contributed by atoms with van der Waals surface area (Å²) in [7, 11) is 0. The second-order valence-corrected chi connectivity index (χ2v) is 8.86. The van der Waals surface area contributed by atoms with Crippen molar-refractivity contribution in [2.45, 2.75) is 39.0 Å². The van der Waals surface area contributed by atoms with Crippen LogP contribution in [0.2, 0.25) is 0 Å². The second kappa shape index (κ2) is 11.7. The van der Waals surface area contributed by atoms with E-state index < -0.39 is 0 Å². The van der Waals surface area contributed by atoms with Gasteiger partial charge >= 0.3 is 0 Å². The summed E-state index contributed by atoms with van der Waals surface area (Å²) >= 11 is 0. The van der Waals surface area contributed by atoms with Crippen LogP contribution in [0.3, 0.4) is 0 Å². The van der Waals surface area contributed by atoms with E-state index in [0.717, 1.165) is 58.3 Å². The van der Waals surface area contributed by atoms with Gasteiger partial charge in [0.1, 0.15) is 0 Å². The highest BCUT2D eigenvalue weighted by Gasteiger charge is 2.21. The van der Waals surface area contributed by atoms with Gasteiger partial charge in [-0.25, -0.2) is 0 Å². The van der Waals surface area contributed by atoms with Crippen LogP contribution in [0.15, 0.2) is 42.5 Å². The number of amides is 3. The van der Waals surface area contributed by atoms with Gasteiger partial charge < -0.3 is 24.6 Å². The number of hydrogen-bond acceptors (Lipinski definition) is 5. The Morgan fingerprint density at radius 3 is 2.26 bits per heavy atom. The molecule has 0 spiro atoms. The van der Waals surface area contributed by atoms with Gasteiger partial charge in [-0.3, -0.25) is 14.4 Å². The van der Waals surface area contributed by atoms with E-state index in [0.29, 0.717) is 34.9 Å². The van der Waals surface area contributed by atoms with Gasteiger partial charge in [0.2, 0.25) is 0 Å². The summed E-state index contributed by atoms with van der Waals surface area (Å²) in [6.07, 6.45) is 5.25. The average Bonchev–Trinajstić information content (AvgIpc) is 3.43. The molecule has 0 bridgehead atoms. The predicted octanol–water partition coefficient (Wildman–Crippen LogP) is 3.96. The van der Waals surface area contributed by atoms with Crippen LogP contribution in [0.5, 0.6) is 11.5 Å². The van der Waals surface area contributed by atoms with E-state index in [4.69, 9.17) is 9.47 Å². The lowest BCUT2D eigenvalue weighted by Gasteiger charge is -2.26. The Kier molecular flexibility index (Phi) is 8.23. The maximum absolute atomic E-state index is 12.9. The summed E-state index contributed by atoms with van der Waals surface area (Å²) in [5, 5.41) is 2.86. The largest absolute Gasteiger partial charge is 0.490 e. The summed E-state index contributed by atoms with van der Waals surface area (Å²) in [5.74, 6) is 0.444. The molecule has 2 aromatic rings. The van der Waals surface area contributed by atoms with Gasteiger partial charge in [-0.05, 0) is 75.4 Å². The standard InChI is InChI=1S/C27H33N3O5/c1-2-34-24-18-20(11-12-23(24)35-19-25(31)29-13-4-3-5-14-29)26(32)28-22-10-8-9-21(17-22)27(33)30-15-6-7-16-30/h8-12,17-18H,2-7,13-16,19H2,1H3,(H,28,32). The molecule has 0 radical (unpaired) electrons. The molecule has 8 nitrogen and oxygen atoms in total. The Labute approximate surface area is 206 Å². The molecule has 2 aromatic carbocycles. The van der Waals surface area contributed by atoms with Crippen LogP contribution in [0.1, 0.15) is 59.7 Å². The molecule has 2 saturated heterocycles. The maximum Gasteiger partial charge on any atom is 0.260 e. The lowest BCUT2D eigenvalue weighted by atomic mass is 10.1. The second-order valence-electron chi connectivity index (χ2n) is 8.86. The normalized spacial score (nSPS) is 15.6. The van der Waals surface area contributed by atoms with E-state index in [1.807, 2.05) is 16.7 Å². The molecular formula is C27H33N3O5. The topological polar surface area (TPSA) is 88.2 Å². The summed E-state index contributed by atoms with van der Waals surface area (Å²) in [6.45, 7) is 5.25. The minimum absolute atomic E-state index is 0.0159. The van der Waals surface area contributed by atoms with Gasteiger partial charge in [0.25, 0.3) is 17.7 Å². The first-order valence-corrected chi connectivity index (χ1v) is 12.4. The molecule has 1 N–H and O–H groups in total. The minimum Gasteiger partial charge on any atom is -0.490 e. The fourth-order valence-electron chi connectivity index (χ4n) is 4.45. The summed E-state index contributed by atoms with van der Waals surface area (Å²) in [5.41, 5.74) is 1.49. The van der Waals surface area contributed by atoms with Crippen molar-refractivity contribution in [3.05, 3.63) is 53.6 Å². The SMILES string of the molecule is CCOc1cc(C(=O)Nc2cccc(C(=O)N3CCCC3)c2)ccc1OCC(=O)N1CCCCC1. The molecule has 3 amide bonds. The molecule has 4 rings (SSSR count). The molecule has 186 valence electrons. The Morgan fingerprint density at radius 1 is 0.800 bits per heavy atom. The number of benzene rings is 2. The molecule has 2 aliphatic rings. The first-order valence-electron chi connectivity index (χ1n) is 12.4. The summed E-state index contributed by atoms with van der Waals surface area (Å²) in [6, 6.07) is 11.9. The molecule has 0 saturated carbocycles. The van der Waals surface area contributed by atoms with Crippen LogP contribution in [0.4, 0.5) is 5.69 Å². The quantitative estimate of drug-likeness (QED) is 0.619. The number of carbonyl (C=O) groups is 3. The maximum atomic E-state index is 12.9. The lowest BCUT2D eigenvalue weighted by Crippen LogP contribution is -2.38. The third kappa shape index (κ3) is 6.32. The van der Waals surface area contributed by atoms with E-state index >= 15 is 0 Å². The monoisotopic (exact) mass is 479 g/mol. The Hall–Kier alpha value is -3.55. The van der Waals surface area contributed by atoms with Crippen molar-refractivity contribution in [3.63, 3.8) is 0 Å². The third-order valence-corrected chi connectivity index (χ3v) is 6.33. The number of likely N-dealkylation sites (tertiary alicyclic amines) is 2. The van der Waals surface area contributed by atoms with E-state index in [9.17, 15) is 14.4 Å². The van der Waals surface area contributed by atoms with Crippen molar-refractivity contribution in [2.75, 3.05) is 44.7 Å². The summed E-state index contributed by atoms with van der Waals surface area (Å²) < 4.78 is 11.4. The van der Waals surface area contributed by atoms with Crippen LogP contribution in [-0.4, -0.2) is 66.9 Å². The number of anilines is 1. The van der Waals surface area contributed by atoms with Gasteiger partial charge in [0.15, 0.2) is 18.1 Å². The third-order valence-electron chi connectivity index (χ3n) is 6.33. The molecule has 0 unspecified atom stereocenters. The van der Waals surface area contributed by atoms with Crippen LogP contribution in [-0.2, 0) is 4.79 Å². The predicted molar refractivity (Wildman–Crippen MR) is 133 cm³/mol. The molecule has 2 fully saturated rings. The smallest absolute Gasteiger partial charge is 0.260 e. The first kappa shape index (κ1) is 24.6. The zero-order valence-corrected chi connectivity index (χ0v) is 20.3. The number of nitrogens with one attached hydrogen (secondary N) is 1. The molecule has 2 aliphatic heterocycles.